The van der Waals surface area contributed by atoms with E-state index in [-0.39, 0.29) is 10.5 Å². The van der Waals surface area contributed by atoms with Crippen LogP contribution in [0.3, 0.4) is 0 Å². The SMILES string of the molecule is CCOc1ccc(OCC)c(NC(=O)c2cccc(S(=O)(=O)N(C)c3ccc(C)cc3)c2)c1. The Kier molecular flexibility index (Phi) is 7.60. The third-order valence-electron chi connectivity index (χ3n) is 4.96. The number of ether oxygens (including phenoxy) is 2. The van der Waals surface area contributed by atoms with Crippen LogP contribution in [0, 0.1) is 6.92 Å². The van der Waals surface area contributed by atoms with Crippen LogP contribution in [0.25, 0.3) is 0 Å². The molecule has 0 radical (unpaired) electrons. The van der Waals surface area contributed by atoms with E-state index in [2.05, 4.69) is 5.32 Å². The molecule has 0 saturated carbocycles. The largest absolute Gasteiger partial charge is 0.494 e. The summed E-state index contributed by atoms with van der Waals surface area (Å²) < 4.78 is 38.6. The van der Waals surface area contributed by atoms with Crippen molar-refractivity contribution in [3.05, 3.63) is 77.9 Å². The number of sulfonamides is 1. The second-order valence-corrected chi connectivity index (χ2v) is 9.28. The molecule has 0 aromatic heterocycles. The fourth-order valence-electron chi connectivity index (χ4n) is 3.19. The lowest BCUT2D eigenvalue weighted by molar-refractivity contribution is 0.102. The van der Waals surface area contributed by atoms with Crippen molar-refractivity contribution in [2.45, 2.75) is 25.7 Å². The summed E-state index contributed by atoms with van der Waals surface area (Å²) in [6, 6.07) is 18.3. The topological polar surface area (TPSA) is 84.9 Å². The summed E-state index contributed by atoms with van der Waals surface area (Å²) in [6.07, 6.45) is 0. The first kappa shape index (κ1) is 24.1. The summed E-state index contributed by atoms with van der Waals surface area (Å²) in [5, 5.41) is 2.80. The number of benzene rings is 3. The van der Waals surface area contributed by atoms with Crippen LogP contribution in [0.4, 0.5) is 11.4 Å². The molecule has 3 aromatic rings. The van der Waals surface area contributed by atoms with E-state index in [1.165, 1.54) is 23.5 Å². The van der Waals surface area contributed by atoms with Gasteiger partial charge in [-0.3, -0.25) is 9.10 Å². The summed E-state index contributed by atoms with van der Waals surface area (Å²) in [4.78, 5) is 13.0. The van der Waals surface area contributed by atoms with Crippen LogP contribution in [0.5, 0.6) is 11.5 Å². The maximum Gasteiger partial charge on any atom is 0.264 e. The normalized spacial score (nSPS) is 11.0. The lowest BCUT2D eigenvalue weighted by Gasteiger charge is -2.20. The summed E-state index contributed by atoms with van der Waals surface area (Å²) >= 11 is 0. The Bertz CT molecular complexity index is 1220. The molecule has 0 atom stereocenters. The van der Waals surface area contributed by atoms with Crippen molar-refractivity contribution in [3.8, 4) is 11.5 Å². The maximum absolute atomic E-state index is 13.2. The number of hydrogen-bond acceptors (Lipinski definition) is 5. The van der Waals surface area contributed by atoms with Crippen molar-refractivity contribution in [1.82, 2.24) is 0 Å². The van der Waals surface area contributed by atoms with Crippen molar-refractivity contribution in [3.63, 3.8) is 0 Å². The quantitative estimate of drug-likeness (QED) is 0.484. The van der Waals surface area contributed by atoms with Crippen molar-refractivity contribution in [2.75, 3.05) is 29.9 Å². The molecule has 1 N–H and O–H groups in total. The van der Waals surface area contributed by atoms with Gasteiger partial charge >= 0.3 is 0 Å². The fourth-order valence-corrected chi connectivity index (χ4v) is 4.43. The van der Waals surface area contributed by atoms with Gasteiger partial charge in [-0.15, -0.1) is 0 Å². The number of nitrogens with zero attached hydrogens (tertiary/aromatic N) is 1. The van der Waals surface area contributed by atoms with Crippen LogP contribution in [0.1, 0.15) is 29.8 Å². The summed E-state index contributed by atoms with van der Waals surface area (Å²) in [5.41, 5.74) is 2.21. The molecule has 0 spiro atoms. The van der Waals surface area contributed by atoms with Gasteiger partial charge in [0.2, 0.25) is 0 Å². The number of carbonyl (C=O) groups is 1. The van der Waals surface area contributed by atoms with Crippen LogP contribution in [-0.4, -0.2) is 34.6 Å². The van der Waals surface area contributed by atoms with E-state index in [1.54, 1.807) is 42.5 Å². The zero-order valence-corrected chi connectivity index (χ0v) is 20.0. The highest BCUT2D eigenvalue weighted by Gasteiger charge is 2.23. The van der Waals surface area contributed by atoms with E-state index in [0.29, 0.717) is 36.1 Å². The lowest BCUT2D eigenvalue weighted by atomic mass is 10.2. The zero-order chi connectivity index (χ0) is 24.0. The molecule has 3 aromatic carbocycles. The summed E-state index contributed by atoms with van der Waals surface area (Å²) in [5.74, 6) is 0.629. The number of aryl methyl sites for hydroxylation is 1. The second-order valence-electron chi connectivity index (χ2n) is 7.31. The van der Waals surface area contributed by atoms with E-state index in [0.717, 1.165) is 5.56 Å². The van der Waals surface area contributed by atoms with Crippen molar-refractivity contribution >= 4 is 27.3 Å². The minimum absolute atomic E-state index is 0.0197. The molecule has 0 unspecified atom stereocenters. The molecular weight excluding hydrogens is 440 g/mol. The monoisotopic (exact) mass is 468 g/mol. The van der Waals surface area contributed by atoms with Crippen LogP contribution < -0.4 is 19.1 Å². The number of carbonyl (C=O) groups excluding carboxylic acids is 1. The number of amides is 1. The maximum atomic E-state index is 13.2. The van der Waals surface area contributed by atoms with Crippen LogP contribution in [-0.2, 0) is 10.0 Å². The molecule has 0 aliphatic carbocycles. The highest BCUT2D eigenvalue weighted by atomic mass is 32.2. The first-order valence-electron chi connectivity index (χ1n) is 10.6. The standard InChI is InChI=1S/C25H28N2O5S/c1-5-31-21-14-15-24(32-6-2)23(17-21)26-25(28)19-8-7-9-22(16-19)33(29,30)27(4)20-12-10-18(3)11-13-20/h7-17H,5-6H2,1-4H3,(H,26,28). The molecule has 0 bridgehead atoms. The molecular formula is C25H28N2O5S. The molecule has 3 rings (SSSR count). The molecule has 33 heavy (non-hydrogen) atoms. The fraction of sp³-hybridized carbons (Fsp3) is 0.240. The Morgan fingerprint density at radius 1 is 0.939 bits per heavy atom. The van der Waals surface area contributed by atoms with Gasteiger partial charge in [0.15, 0.2) is 0 Å². The summed E-state index contributed by atoms with van der Waals surface area (Å²) in [6.45, 7) is 6.56. The lowest BCUT2D eigenvalue weighted by Crippen LogP contribution is -2.26. The number of hydrogen-bond donors (Lipinski definition) is 1. The number of rotatable bonds is 9. The van der Waals surface area contributed by atoms with Gasteiger partial charge in [0.1, 0.15) is 11.5 Å². The molecule has 0 saturated heterocycles. The van der Waals surface area contributed by atoms with Crippen molar-refractivity contribution in [2.24, 2.45) is 0 Å². The minimum Gasteiger partial charge on any atom is -0.494 e. The predicted molar refractivity (Wildman–Crippen MR) is 130 cm³/mol. The molecule has 0 aliphatic rings. The van der Waals surface area contributed by atoms with Crippen LogP contribution in [0.15, 0.2) is 71.6 Å². The Morgan fingerprint density at radius 2 is 1.64 bits per heavy atom. The van der Waals surface area contributed by atoms with Gasteiger partial charge in [-0.1, -0.05) is 23.8 Å². The third kappa shape index (κ3) is 5.64. The van der Waals surface area contributed by atoms with Gasteiger partial charge in [-0.25, -0.2) is 8.42 Å². The van der Waals surface area contributed by atoms with E-state index in [4.69, 9.17) is 9.47 Å². The predicted octanol–water partition coefficient (Wildman–Crippen LogP) is 4.87. The highest BCUT2D eigenvalue weighted by molar-refractivity contribution is 7.92. The first-order valence-corrected chi connectivity index (χ1v) is 12.1. The molecule has 8 heteroatoms. The van der Waals surface area contributed by atoms with Gasteiger partial charge in [0, 0.05) is 18.7 Å². The first-order chi connectivity index (χ1) is 15.8. The number of anilines is 2. The van der Waals surface area contributed by atoms with Gasteiger partial charge in [-0.05, 0) is 63.2 Å². The van der Waals surface area contributed by atoms with Gasteiger partial charge < -0.3 is 14.8 Å². The smallest absolute Gasteiger partial charge is 0.264 e. The van der Waals surface area contributed by atoms with E-state index >= 15 is 0 Å². The van der Waals surface area contributed by atoms with Crippen molar-refractivity contribution < 1.29 is 22.7 Å². The Balaban J connectivity index is 1.88. The summed E-state index contributed by atoms with van der Waals surface area (Å²) in [7, 11) is -2.37. The number of nitrogens with one attached hydrogen (secondary N) is 1. The molecule has 7 nitrogen and oxygen atoms in total. The van der Waals surface area contributed by atoms with Crippen LogP contribution >= 0.6 is 0 Å². The molecule has 0 aliphatic heterocycles. The van der Waals surface area contributed by atoms with Crippen molar-refractivity contribution in [1.29, 1.82) is 0 Å². The molecule has 0 fully saturated rings. The molecule has 1 amide bonds. The Hall–Kier alpha value is -3.52. The van der Waals surface area contributed by atoms with E-state index in [9.17, 15) is 13.2 Å². The minimum atomic E-state index is -3.86. The van der Waals surface area contributed by atoms with Crippen LogP contribution in [0.2, 0.25) is 0 Å². The van der Waals surface area contributed by atoms with Gasteiger partial charge in [0.05, 0.1) is 29.5 Å². The van der Waals surface area contributed by atoms with Gasteiger partial charge in [0.25, 0.3) is 15.9 Å². The Morgan fingerprint density at radius 3 is 2.30 bits per heavy atom. The highest BCUT2D eigenvalue weighted by Crippen LogP contribution is 2.30. The average molecular weight is 469 g/mol. The molecule has 0 heterocycles. The third-order valence-corrected chi connectivity index (χ3v) is 6.74. The zero-order valence-electron chi connectivity index (χ0n) is 19.2. The second kappa shape index (κ2) is 10.4. The Labute approximate surface area is 195 Å². The van der Waals surface area contributed by atoms with E-state index < -0.39 is 15.9 Å². The van der Waals surface area contributed by atoms with Gasteiger partial charge in [-0.2, -0.15) is 0 Å². The van der Waals surface area contributed by atoms with E-state index in [1.807, 2.05) is 32.9 Å². The molecule has 174 valence electrons. The average Bonchev–Trinajstić information content (AvgIpc) is 2.81.